The summed E-state index contributed by atoms with van der Waals surface area (Å²) in [5.74, 6) is 0.0448. The summed E-state index contributed by atoms with van der Waals surface area (Å²) in [7, 11) is 0. The van der Waals surface area contributed by atoms with E-state index in [1.165, 1.54) is 11.1 Å². The van der Waals surface area contributed by atoms with Gasteiger partial charge in [-0.3, -0.25) is 4.79 Å². The predicted octanol–water partition coefficient (Wildman–Crippen LogP) is 4.21. The van der Waals surface area contributed by atoms with Gasteiger partial charge in [-0.15, -0.1) is 0 Å². The molecule has 0 aliphatic carbocycles. The van der Waals surface area contributed by atoms with Gasteiger partial charge in [0.2, 0.25) is 5.91 Å². The molecule has 0 aromatic heterocycles. The highest BCUT2D eigenvalue weighted by atomic mass is 16.1. The van der Waals surface area contributed by atoms with Crippen LogP contribution in [0.25, 0.3) is 11.1 Å². The van der Waals surface area contributed by atoms with Crippen LogP contribution in [0.15, 0.2) is 84.9 Å². The molecule has 0 spiro atoms. The first-order chi connectivity index (χ1) is 11.3. The molecular formula is C21H19NO. The fourth-order valence-electron chi connectivity index (χ4n) is 2.49. The second-order valence-electron chi connectivity index (χ2n) is 5.50. The van der Waals surface area contributed by atoms with Crippen molar-refractivity contribution in [3.05, 3.63) is 96.1 Å². The van der Waals surface area contributed by atoms with Crippen molar-refractivity contribution in [2.45, 2.75) is 13.0 Å². The van der Waals surface area contributed by atoms with E-state index in [1.54, 1.807) is 0 Å². The fraction of sp³-hybridized carbons (Fsp3) is 0.0952. The van der Waals surface area contributed by atoms with Gasteiger partial charge in [-0.25, -0.2) is 0 Å². The van der Waals surface area contributed by atoms with Crippen LogP contribution in [0.3, 0.4) is 0 Å². The van der Waals surface area contributed by atoms with Crippen molar-refractivity contribution in [3.8, 4) is 11.1 Å². The Hall–Kier alpha value is -2.87. The lowest BCUT2D eigenvalue weighted by atomic mass is 10.0. The SMILES string of the molecule is O=C(Cc1ccccc1)NCc1ccc(-c2ccccc2)cc1. The van der Waals surface area contributed by atoms with Gasteiger partial charge >= 0.3 is 0 Å². The van der Waals surface area contributed by atoms with Crippen molar-refractivity contribution >= 4 is 5.91 Å². The molecule has 23 heavy (non-hydrogen) atoms. The van der Waals surface area contributed by atoms with E-state index in [0.717, 1.165) is 11.1 Å². The highest BCUT2D eigenvalue weighted by Crippen LogP contribution is 2.19. The van der Waals surface area contributed by atoms with Crippen LogP contribution < -0.4 is 5.32 Å². The molecule has 2 nitrogen and oxygen atoms in total. The zero-order chi connectivity index (χ0) is 15.9. The number of hydrogen-bond donors (Lipinski definition) is 1. The molecule has 1 amide bonds. The third-order valence-corrected chi connectivity index (χ3v) is 3.76. The number of nitrogens with one attached hydrogen (secondary N) is 1. The molecule has 0 heterocycles. The molecule has 0 bridgehead atoms. The molecule has 2 heteroatoms. The first-order valence-corrected chi connectivity index (χ1v) is 7.76. The predicted molar refractivity (Wildman–Crippen MR) is 93.9 cm³/mol. The van der Waals surface area contributed by atoms with Gasteiger partial charge in [0.15, 0.2) is 0 Å². The zero-order valence-electron chi connectivity index (χ0n) is 12.9. The highest BCUT2D eigenvalue weighted by Gasteiger charge is 2.03. The Morgan fingerprint density at radius 1 is 0.652 bits per heavy atom. The zero-order valence-corrected chi connectivity index (χ0v) is 12.9. The molecule has 0 saturated carbocycles. The standard InChI is InChI=1S/C21H19NO/c23-21(15-17-7-3-1-4-8-17)22-16-18-11-13-20(14-12-18)19-9-5-2-6-10-19/h1-14H,15-16H2,(H,22,23). The Morgan fingerprint density at radius 3 is 1.87 bits per heavy atom. The minimum absolute atomic E-state index is 0.0448. The molecule has 0 unspecified atom stereocenters. The Labute approximate surface area is 136 Å². The van der Waals surface area contributed by atoms with Gasteiger partial charge in [-0.05, 0) is 22.3 Å². The molecule has 3 aromatic rings. The third kappa shape index (κ3) is 4.30. The monoisotopic (exact) mass is 301 g/mol. The van der Waals surface area contributed by atoms with E-state index in [1.807, 2.05) is 48.5 Å². The summed E-state index contributed by atoms with van der Waals surface area (Å²) in [5, 5.41) is 2.97. The maximum absolute atomic E-state index is 12.0. The fourth-order valence-corrected chi connectivity index (χ4v) is 2.49. The van der Waals surface area contributed by atoms with E-state index < -0.39 is 0 Å². The average Bonchev–Trinajstić information content (AvgIpc) is 2.62. The molecule has 1 N–H and O–H groups in total. The van der Waals surface area contributed by atoms with Crippen LogP contribution in [-0.4, -0.2) is 5.91 Å². The maximum Gasteiger partial charge on any atom is 0.224 e. The minimum Gasteiger partial charge on any atom is -0.352 e. The van der Waals surface area contributed by atoms with Gasteiger partial charge in [0, 0.05) is 6.54 Å². The number of benzene rings is 3. The average molecular weight is 301 g/mol. The summed E-state index contributed by atoms with van der Waals surface area (Å²) < 4.78 is 0. The number of hydrogen-bond acceptors (Lipinski definition) is 1. The Bertz CT molecular complexity index is 749. The lowest BCUT2D eigenvalue weighted by Crippen LogP contribution is -2.24. The smallest absolute Gasteiger partial charge is 0.224 e. The summed E-state index contributed by atoms with van der Waals surface area (Å²) >= 11 is 0. The molecule has 3 rings (SSSR count). The van der Waals surface area contributed by atoms with Gasteiger partial charge in [0.05, 0.1) is 6.42 Å². The first-order valence-electron chi connectivity index (χ1n) is 7.76. The van der Waals surface area contributed by atoms with Crippen LogP contribution in [0.2, 0.25) is 0 Å². The van der Waals surface area contributed by atoms with Gasteiger partial charge in [-0.2, -0.15) is 0 Å². The lowest BCUT2D eigenvalue weighted by Gasteiger charge is -2.07. The number of rotatable bonds is 5. The van der Waals surface area contributed by atoms with Crippen molar-refractivity contribution in [1.82, 2.24) is 5.32 Å². The number of amides is 1. The molecule has 0 aliphatic rings. The third-order valence-electron chi connectivity index (χ3n) is 3.76. The second kappa shape index (κ2) is 7.41. The summed E-state index contributed by atoms with van der Waals surface area (Å²) in [6.07, 6.45) is 0.420. The van der Waals surface area contributed by atoms with E-state index in [9.17, 15) is 4.79 Å². The van der Waals surface area contributed by atoms with Crippen LogP contribution in [-0.2, 0) is 17.8 Å². The number of carbonyl (C=O) groups is 1. The minimum atomic E-state index is 0.0448. The van der Waals surface area contributed by atoms with E-state index in [0.29, 0.717) is 13.0 Å². The summed E-state index contributed by atoms with van der Waals surface area (Å²) in [4.78, 5) is 12.0. The molecule has 0 atom stereocenters. The molecule has 0 aliphatic heterocycles. The van der Waals surface area contributed by atoms with Crippen LogP contribution in [0.5, 0.6) is 0 Å². The largest absolute Gasteiger partial charge is 0.352 e. The Kier molecular flexibility index (Phi) is 4.85. The quantitative estimate of drug-likeness (QED) is 0.751. The van der Waals surface area contributed by atoms with Crippen LogP contribution >= 0.6 is 0 Å². The van der Waals surface area contributed by atoms with E-state index in [2.05, 4.69) is 41.7 Å². The van der Waals surface area contributed by atoms with E-state index >= 15 is 0 Å². The van der Waals surface area contributed by atoms with Crippen molar-refractivity contribution in [2.75, 3.05) is 0 Å². The second-order valence-corrected chi connectivity index (χ2v) is 5.50. The van der Waals surface area contributed by atoms with Crippen molar-refractivity contribution in [3.63, 3.8) is 0 Å². The van der Waals surface area contributed by atoms with Gasteiger partial charge in [0.1, 0.15) is 0 Å². The van der Waals surface area contributed by atoms with E-state index in [4.69, 9.17) is 0 Å². The maximum atomic E-state index is 12.0. The van der Waals surface area contributed by atoms with Crippen molar-refractivity contribution in [1.29, 1.82) is 0 Å². The number of carbonyl (C=O) groups excluding carboxylic acids is 1. The van der Waals surface area contributed by atoms with Gasteiger partial charge in [0.25, 0.3) is 0 Å². The Balaban J connectivity index is 1.55. The van der Waals surface area contributed by atoms with Crippen LogP contribution in [0.4, 0.5) is 0 Å². The molecular weight excluding hydrogens is 282 g/mol. The first kappa shape index (κ1) is 15.0. The summed E-state index contributed by atoms with van der Waals surface area (Å²) in [6.45, 7) is 0.556. The molecule has 3 aromatic carbocycles. The van der Waals surface area contributed by atoms with E-state index in [-0.39, 0.29) is 5.91 Å². The highest BCUT2D eigenvalue weighted by molar-refractivity contribution is 5.78. The normalized spacial score (nSPS) is 10.3. The molecule has 114 valence electrons. The van der Waals surface area contributed by atoms with Crippen molar-refractivity contribution < 1.29 is 4.79 Å². The lowest BCUT2D eigenvalue weighted by molar-refractivity contribution is -0.120. The molecule has 0 radical (unpaired) electrons. The van der Waals surface area contributed by atoms with Crippen LogP contribution in [0, 0.1) is 0 Å². The van der Waals surface area contributed by atoms with Crippen molar-refractivity contribution in [2.24, 2.45) is 0 Å². The van der Waals surface area contributed by atoms with Gasteiger partial charge < -0.3 is 5.32 Å². The molecule has 0 fully saturated rings. The Morgan fingerprint density at radius 2 is 1.22 bits per heavy atom. The summed E-state index contributed by atoms with van der Waals surface area (Å²) in [5.41, 5.74) is 4.52. The molecule has 0 saturated heterocycles. The topological polar surface area (TPSA) is 29.1 Å². The summed E-state index contributed by atoms with van der Waals surface area (Å²) in [6, 6.07) is 28.4. The van der Waals surface area contributed by atoms with Gasteiger partial charge in [-0.1, -0.05) is 84.9 Å². The van der Waals surface area contributed by atoms with Crippen LogP contribution in [0.1, 0.15) is 11.1 Å².